The molecule has 0 spiro atoms. The van der Waals surface area contributed by atoms with Gasteiger partial charge in [-0.2, -0.15) is 0 Å². The molecule has 7 nitrogen and oxygen atoms in total. The highest BCUT2D eigenvalue weighted by Crippen LogP contribution is 2.33. The Hall–Kier alpha value is -3.61. The average molecular weight is 550 g/mol. The Morgan fingerprint density at radius 3 is 2.20 bits per heavy atom. The Labute approximate surface area is 240 Å². The Morgan fingerprint density at radius 2 is 1.65 bits per heavy atom. The van der Waals surface area contributed by atoms with E-state index in [1.165, 1.54) is 0 Å². The van der Waals surface area contributed by atoms with E-state index in [1.807, 2.05) is 89.2 Å². The van der Waals surface area contributed by atoms with Crippen molar-refractivity contribution in [2.24, 2.45) is 5.92 Å². The topological polar surface area (TPSA) is 87.7 Å². The highest BCUT2D eigenvalue weighted by molar-refractivity contribution is 5.92. The largest absolute Gasteiger partial charge is 0.444 e. The number of benzene rings is 2. The molecule has 2 rings (SSSR count). The van der Waals surface area contributed by atoms with Gasteiger partial charge in [-0.1, -0.05) is 82.0 Å². The molecule has 2 aromatic carbocycles. The molecule has 0 fully saturated rings. The molecule has 2 N–H and O–H groups in total. The number of carbonyl (C=O) groups excluding carboxylic acids is 3. The minimum Gasteiger partial charge on any atom is -0.444 e. The third-order valence-electron chi connectivity index (χ3n) is 6.73. The van der Waals surface area contributed by atoms with Gasteiger partial charge in [-0.25, -0.2) is 4.79 Å². The zero-order valence-corrected chi connectivity index (χ0v) is 25.4. The molecule has 2 atom stereocenters. The molecule has 40 heavy (non-hydrogen) atoms. The van der Waals surface area contributed by atoms with Crippen LogP contribution in [0.1, 0.15) is 91.0 Å². The van der Waals surface area contributed by atoms with Gasteiger partial charge in [0, 0.05) is 12.1 Å². The van der Waals surface area contributed by atoms with E-state index in [-0.39, 0.29) is 17.7 Å². The van der Waals surface area contributed by atoms with Gasteiger partial charge in [0.05, 0.1) is 0 Å². The van der Waals surface area contributed by atoms with Gasteiger partial charge in [-0.3, -0.25) is 9.59 Å². The van der Waals surface area contributed by atoms with Crippen molar-refractivity contribution in [1.82, 2.24) is 15.5 Å². The third kappa shape index (κ3) is 9.54. The van der Waals surface area contributed by atoms with Crippen molar-refractivity contribution < 1.29 is 19.1 Å². The highest BCUT2D eigenvalue weighted by Gasteiger charge is 2.43. The lowest BCUT2D eigenvalue weighted by Gasteiger charge is -2.45. The number of rotatable bonds is 12. The summed E-state index contributed by atoms with van der Waals surface area (Å²) in [5.41, 5.74) is 1.01. The molecule has 2 unspecified atom stereocenters. The first-order valence-electron chi connectivity index (χ1n) is 14.0. The van der Waals surface area contributed by atoms with Gasteiger partial charge >= 0.3 is 6.09 Å². The van der Waals surface area contributed by atoms with E-state index >= 15 is 0 Å². The summed E-state index contributed by atoms with van der Waals surface area (Å²) in [6.45, 7) is 19.4. The summed E-state index contributed by atoms with van der Waals surface area (Å²) in [6.07, 6.45) is 2.02. The molecule has 0 aliphatic heterocycles. The van der Waals surface area contributed by atoms with Gasteiger partial charge in [0.15, 0.2) is 0 Å². The van der Waals surface area contributed by atoms with Crippen LogP contribution in [0.15, 0.2) is 61.2 Å². The lowest BCUT2D eigenvalue weighted by molar-refractivity contribution is -0.149. The Bertz CT molecular complexity index is 1150. The fourth-order valence-electron chi connectivity index (χ4n) is 4.41. The Morgan fingerprint density at radius 1 is 1.00 bits per heavy atom. The number of amides is 3. The molecule has 0 aliphatic rings. The lowest BCUT2D eigenvalue weighted by atomic mass is 9.90. The maximum atomic E-state index is 14.5. The number of nitrogens with one attached hydrogen (secondary N) is 2. The second-order valence-electron chi connectivity index (χ2n) is 12.2. The quantitative estimate of drug-likeness (QED) is 0.311. The van der Waals surface area contributed by atoms with Crippen molar-refractivity contribution in [3.05, 3.63) is 77.9 Å². The summed E-state index contributed by atoms with van der Waals surface area (Å²) >= 11 is 0. The number of carbonyl (C=O) groups is 3. The van der Waals surface area contributed by atoms with Crippen molar-refractivity contribution in [3.8, 4) is 0 Å². The predicted octanol–water partition coefficient (Wildman–Crippen LogP) is 6.64. The zero-order chi connectivity index (χ0) is 30.1. The molecule has 218 valence electrons. The van der Waals surface area contributed by atoms with E-state index in [1.54, 1.807) is 31.7 Å². The molecule has 7 heteroatoms. The van der Waals surface area contributed by atoms with Crippen molar-refractivity contribution in [2.75, 3.05) is 0 Å². The number of ether oxygens (including phenoxy) is 1. The lowest BCUT2D eigenvalue weighted by Crippen LogP contribution is -2.59. The van der Waals surface area contributed by atoms with E-state index < -0.39 is 29.3 Å². The van der Waals surface area contributed by atoms with E-state index in [0.717, 1.165) is 11.1 Å². The van der Waals surface area contributed by atoms with Gasteiger partial charge in [-0.05, 0) is 76.1 Å². The summed E-state index contributed by atoms with van der Waals surface area (Å²) < 4.78 is 5.49. The average Bonchev–Trinajstić information content (AvgIpc) is 2.88. The first-order chi connectivity index (χ1) is 18.7. The van der Waals surface area contributed by atoms with Crippen LogP contribution < -0.4 is 10.6 Å². The van der Waals surface area contributed by atoms with Gasteiger partial charge in [0.25, 0.3) is 0 Å². The minimum atomic E-state index is -0.943. The maximum Gasteiger partial charge on any atom is 0.408 e. The number of hydrogen-bond acceptors (Lipinski definition) is 4. The van der Waals surface area contributed by atoms with E-state index in [9.17, 15) is 14.4 Å². The summed E-state index contributed by atoms with van der Waals surface area (Å²) in [4.78, 5) is 43.0. The van der Waals surface area contributed by atoms with Crippen molar-refractivity contribution >= 4 is 24.0 Å². The SMILES string of the molecule is C=Cc1cccc(C(C(=O)NCc2ccccc2)N(C(=O)C(CC(C)C)NC(=O)OC(C)(C)C)C(C)(C)CC)c1. The van der Waals surface area contributed by atoms with Crippen LogP contribution >= 0.6 is 0 Å². The number of hydrogen-bond donors (Lipinski definition) is 2. The Balaban J connectivity index is 2.60. The molecule has 2 aromatic rings. The zero-order valence-electron chi connectivity index (χ0n) is 25.4. The van der Waals surface area contributed by atoms with Crippen LogP contribution in [-0.2, 0) is 20.9 Å². The minimum absolute atomic E-state index is 0.102. The van der Waals surface area contributed by atoms with Gasteiger partial charge in [0.2, 0.25) is 11.8 Å². The molecule has 0 bridgehead atoms. The van der Waals surface area contributed by atoms with Crippen molar-refractivity contribution in [3.63, 3.8) is 0 Å². The second kappa shape index (κ2) is 14.1. The highest BCUT2D eigenvalue weighted by atomic mass is 16.6. The molecule has 0 saturated carbocycles. The molecule has 3 amide bonds. The fraction of sp³-hybridized carbons (Fsp3) is 0.485. The molecule has 0 aliphatic carbocycles. The number of nitrogens with zero attached hydrogens (tertiary/aromatic N) is 1. The van der Waals surface area contributed by atoms with Crippen LogP contribution in [0, 0.1) is 5.92 Å². The molecule has 0 aromatic heterocycles. The summed E-state index contributed by atoms with van der Waals surface area (Å²) in [6, 6.07) is 15.3. The standard InChI is InChI=1S/C33H47N3O4/c1-10-24-18-15-19-26(21-24)28(29(37)34-22-25-16-13-12-14-17-25)36(33(8,9)11-2)30(38)27(20-23(3)4)35-31(39)40-32(5,6)7/h10,12-19,21,23,27-28H,1,11,20,22H2,2-9H3,(H,34,37)(H,35,39). The number of alkyl carbamates (subject to hydrolysis) is 1. The van der Waals surface area contributed by atoms with Gasteiger partial charge in [0.1, 0.15) is 17.7 Å². The summed E-state index contributed by atoms with van der Waals surface area (Å²) in [5.74, 6) is -0.541. The van der Waals surface area contributed by atoms with Crippen LogP contribution in [0.5, 0.6) is 0 Å². The van der Waals surface area contributed by atoms with Crippen LogP contribution in [0.3, 0.4) is 0 Å². The third-order valence-corrected chi connectivity index (χ3v) is 6.73. The predicted molar refractivity (Wildman–Crippen MR) is 161 cm³/mol. The first kappa shape index (κ1) is 32.6. The molecule has 0 radical (unpaired) electrons. The van der Waals surface area contributed by atoms with E-state index in [4.69, 9.17) is 4.74 Å². The van der Waals surface area contributed by atoms with Crippen LogP contribution in [0.4, 0.5) is 4.79 Å². The fourth-order valence-corrected chi connectivity index (χ4v) is 4.41. The second-order valence-corrected chi connectivity index (χ2v) is 12.2. The molecular weight excluding hydrogens is 502 g/mol. The van der Waals surface area contributed by atoms with Gasteiger partial charge < -0.3 is 20.3 Å². The molecule has 0 heterocycles. The monoisotopic (exact) mass is 549 g/mol. The Kier molecular flexibility index (Phi) is 11.5. The molecule has 0 saturated heterocycles. The maximum absolute atomic E-state index is 14.5. The smallest absolute Gasteiger partial charge is 0.408 e. The first-order valence-corrected chi connectivity index (χ1v) is 14.0. The molecular formula is C33H47N3O4. The van der Waals surface area contributed by atoms with Gasteiger partial charge in [-0.15, -0.1) is 0 Å². The van der Waals surface area contributed by atoms with Crippen LogP contribution in [0.2, 0.25) is 0 Å². The van der Waals surface area contributed by atoms with Crippen LogP contribution in [-0.4, -0.2) is 40.0 Å². The van der Waals surface area contributed by atoms with E-state index in [2.05, 4.69) is 17.2 Å². The summed E-state index contributed by atoms with van der Waals surface area (Å²) in [7, 11) is 0. The van der Waals surface area contributed by atoms with Crippen LogP contribution in [0.25, 0.3) is 6.08 Å². The summed E-state index contributed by atoms with van der Waals surface area (Å²) in [5, 5.41) is 5.85. The van der Waals surface area contributed by atoms with Crippen molar-refractivity contribution in [2.45, 2.75) is 98.0 Å². The van der Waals surface area contributed by atoms with Crippen molar-refractivity contribution in [1.29, 1.82) is 0 Å². The van der Waals surface area contributed by atoms with E-state index in [0.29, 0.717) is 24.9 Å². The normalized spacial score (nSPS) is 13.2.